The molecular weight excluding hydrogens is 437 g/mol. The first-order chi connectivity index (χ1) is 15.2. The van der Waals surface area contributed by atoms with E-state index in [1.165, 1.54) is 21.9 Å². The number of carbonyl (C=O) groups is 2. The molecule has 0 atom stereocenters. The number of ether oxygens (including phenoxy) is 1. The Bertz CT molecular complexity index is 1050. The molecule has 0 spiro atoms. The van der Waals surface area contributed by atoms with E-state index in [9.17, 15) is 22.4 Å². The van der Waals surface area contributed by atoms with Gasteiger partial charge in [0.15, 0.2) is 0 Å². The van der Waals surface area contributed by atoms with Crippen molar-refractivity contribution in [2.24, 2.45) is 0 Å². The number of sulfonamides is 1. The molecule has 1 saturated heterocycles. The predicted molar refractivity (Wildman–Crippen MR) is 117 cm³/mol. The molecule has 2 aromatic rings. The van der Waals surface area contributed by atoms with Crippen molar-refractivity contribution < 1.29 is 27.1 Å². The highest BCUT2D eigenvalue weighted by Crippen LogP contribution is 2.24. The van der Waals surface area contributed by atoms with Crippen LogP contribution in [0.4, 0.5) is 14.9 Å². The van der Waals surface area contributed by atoms with Gasteiger partial charge in [-0.15, -0.1) is 0 Å². The summed E-state index contributed by atoms with van der Waals surface area (Å²) in [7, 11) is -4.11. The third kappa shape index (κ3) is 5.37. The second kappa shape index (κ2) is 9.99. The summed E-state index contributed by atoms with van der Waals surface area (Å²) in [5, 5.41) is 0. The third-order valence-electron chi connectivity index (χ3n) is 5.16. The molecule has 0 radical (unpaired) electrons. The third-order valence-corrected chi connectivity index (χ3v) is 6.95. The molecule has 2 amide bonds. The van der Waals surface area contributed by atoms with E-state index in [1.54, 1.807) is 31.2 Å². The summed E-state index contributed by atoms with van der Waals surface area (Å²) < 4.78 is 46.0. The molecule has 0 bridgehead atoms. The van der Waals surface area contributed by atoms with E-state index in [0.29, 0.717) is 18.8 Å². The van der Waals surface area contributed by atoms with Crippen LogP contribution in [-0.2, 0) is 19.6 Å². The van der Waals surface area contributed by atoms with Crippen molar-refractivity contribution in [3.05, 3.63) is 59.9 Å². The monoisotopic (exact) mass is 463 g/mol. The van der Waals surface area contributed by atoms with E-state index in [2.05, 4.69) is 0 Å². The van der Waals surface area contributed by atoms with Crippen molar-refractivity contribution in [2.45, 2.75) is 18.7 Å². The number of carbonyl (C=O) groups excluding carboxylic acids is 2. The molecule has 2 aromatic carbocycles. The molecule has 1 heterocycles. The van der Waals surface area contributed by atoms with Crippen LogP contribution < -0.4 is 4.31 Å². The number of aryl methyl sites for hydroxylation is 1. The Morgan fingerprint density at radius 1 is 0.969 bits per heavy atom. The highest BCUT2D eigenvalue weighted by Gasteiger charge is 2.31. The maximum Gasteiger partial charge on any atom is 0.409 e. The summed E-state index contributed by atoms with van der Waals surface area (Å²) in [6, 6.07) is 11.2. The van der Waals surface area contributed by atoms with Gasteiger partial charge < -0.3 is 14.5 Å². The zero-order valence-electron chi connectivity index (χ0n) is 18.0. The van der Waals surface area contributed by atoms with E-state index >= 15 is 0 Å². The number of hydrogen-bond acceptors (Lipinski definition) is 5. The number of nitrogens with zero attached hydrogens (tertiary/aromatic N) is 3. The van der Waals surface area contributed by atoms with Gasteiger partial charge in [-0.2, -0.15) is 0 Å². The maximum absolute atomic E-state index is 13.3. The Labute approximate surface area is 187 Å². The molecule has 1 fully saturated rings. The summed E-state index contributed by atoms with van der Waals surface area (Å²) in [5.74, 6) is -0.943. The van der Waals surface area contributed by atoms with Crippen LogP contribution >= 0.6 is 0 Å². The largest absolute Gasteiger partial charge is 0.450 e. The zero-order chi connectivity index (χ0) is 23.3. The summed E-state index contributed by atoms with van der Waals surface area (Å²) in [6.07, 6.45) is -0.431. The Hall–Kier alpha value is -3.14. The second-order valence-corrected chi connectivity index (χ2v) is 9.23. The molecule has 0 saturated carbocycles. The van der Waals surface area contributed by atoms with Crippen molar-refractivity contribution >= 4 is 27.7 Å². The molecule has 32 heavy (non-hydrogen) atoms. The summed E-state index contributed by atoms with van der Waals surface area (Å²) in [5.41, 5.74) is 1.27. The lowest BCUT2D eigenvalue weighted by molar-refractivity contribution is -0.131. The minimum atomic E-state index is -4.11. The molecule has 3 rings (SSSR count). The highest BCUT2D eigenvalue weighted by molar-refractivity contribution is 7.92. The van der Waals surface area contributed by atoms with Gasteiger partial charge >= 0.3 is 6.09 Å². The van der Waals surface area contributed by atoms with Gasteiger partial charge in [-0.1, -0.05) is 17.7 Å². The molecule has 0 aliphatic carbocycles. The Kier molecular flexibility index (Phi) is 7.34. The fourth-order valence-electron chi connectivity index (χ4n) is 3.34. The van der Waals surface area contributed by atoms with E-state index < -0.39 is 28.5 Å². The first-order valence-electron chi connectivity index (χ1n) is 10.3. The zero-order valence-corrected chi connectivity index (χ0v) is 18.8. The van der Waals surface area contributed by atoms with Crippen molar-refractivity contribution in [1.29, 1.82) is 0 Å². The van der Waals surface area contributed by atoms with Crippen LogP contribution in [0.15, 0.2) is 53.4 Å². The van der Waals surface area contributed by atoms with E-state index in [1.807, 2.05) is 6.92 Å². The standard InChI is InChI=1S/C22H26FN3O5S/c1-3-31-22(28)25-14-12-24(13-15-25)21(27)16-26(19-8-4-17(2)5-9-19)32(29,30)20-10-6-18(23)7-11-20/h4-11H,3,12-16H2,1-2H3. The van der Waals surface area contributed by atoms with Crippen LogP contribution in [0.2, 0.25) is 0 Å². The van der Waals surface area contributed by atoms with Crippen LogP contribution in [0, 0.1) is 12.7 Å². The lowest BCUT2D eigenvalue weighted by atomic mass is 10.2. The minimum absolute atomic E-state index is 0.112. The van der Waals surface area contributed by atoms with Crippen molar-refractivity contribution in [1.82, 2.24) is 9.80 Å². The number of amides is 2. The van der Waals surface area contributed by atoms with Gasteiger partial charge in [0.1, 0.15) is 12.4 Å². The smallest absolute Gasteiger partial charge is 0.409 e. The molecule has 1 aliphatic rings. The number of benzene rings is 2. The SMILES string of the molecule is CCOC(=O)N1CCN(C(=O)CN(c2ccc(C)cc2)S(=O)(=O)c2ccc(F)cc2)CC1. The van der Waals surface area contributed by atoms with Crippen LogP contribution in [0.3, 0.4) is 0 Å². The second-order valence-electron chi connectivity index (χ2n) is 7.37. The van der Waals surface area contributed by atoms with Gasteiger partial charge in [0.25, 0.3) is 10.0 Å². The number of anilines is 1. The maximum atomic E-state index is 13.3. The molecular formula is C22H26FN3O5S. The first-order valence-corrected chi connectivity index (χ1v) is 11.7. The van der Waals surface area contributed by atoms with Gasteiger partial charge in [-0.05, 0) is 50.2 Å². The van der Waals surface area contributed by atoms with Crippen LogP contribution in [0.25, 0.3) is 0 Å². The molecule has 0 N–H and O–H groups in total. The Balaban J connectivity index is 1.80. The summed E-state index contributed by atoms with van der Waals surface area (Å²) >= 11 is 0. The number of hydrogen-bond donors (Lipinski definition) is 0. The number of piperazine rings is 1. The Morgan fingerprint density at radius 3 is 2.09 bits per heavy atom. The number of halogens is 1. The lowest BCUT2D eigenvalue weighted by Crippen LogP contribution is -2.53. The van der Waals surface area contributed by atoms with Gasteiger partial charge in [-0.3, -0.25) is 9.10 Å². The molecule has 0 unspecified atom stereocenters. The quantitative estimate of drug-likeness (QED) is 0.657. The van der Waals surface area contributed by atoms with Gasteiger partial charge in [-0.25, -0.2) is 17.6 Å². The fraction of sp³-hybridized carbons (Fsp3) is 0.364. The number of rotatable bonds is 6. The lowest BCUT2D eigenvalue weighted by Gasteiger charge is -2.35. The Morgan fingerprint density at radius 2 is 1.53 bits per heavy atom. The van der Waals surface area contributed by atoms with Gasteiger partial charge in [0, 0.05) is 26.2 Å². The normalized spacial score (nSPS) is 14.2. The molecule has 172 valence electrons. The average molecular weight is 464 g/mol. The van der Waals surface area contributed by atoms with Crippen LogP contribution in [0.5, 0.6) is 0 Å². The van der Waals surface area contributed by atoms with Crippen molar-refractivity contribution in [2.75, 3.05) is 43.6 Å². The van der Waals surface area contributed by atoms with Crippen molar-refractivity contribution in [3.63, 3.8) is 0 Å². The molecule has 1 aliphatic heterocycles. The van der Waals surface area contributed by atoms with Gasteiger partial charge in [0.05, 0.1) is 17.2 Å². The van der Waals surface area contributed by atoms with E-state index in [4.69, 9.17) is 4.74 Å². The molecule has 0 aromatic heterocycles. The molecule has 8 nitrogen and oxygen atoms in total. The average Bonchev–Trinajstić information content (AvgIpc) is 2.78. The minimum Gasteiger partial charge on any atom is -0.450 e. The summed E-state index contributed by atoms with van der Waals surface area (Å²) in [6.45, 7) is 4.61. The highest BCUT2D eigenvalue weighted by atomic mass is 32.2. The fourth-order valence-corrected chi connectivity index (χ4v) is 4.75. The topological polar surface area (TPSA) is 87.2 Å². The van der Waals surface area contributed by atoms with Crippen molar-refractivity contribution in [3.8, 4) is 0 Å². The van der Waals surface area contributed by atoms with E-state index in [0.717, 1.165) is 22.0 Å². The van der Waals surface area contributed by atoms with E-state index in [-0.39, 0.29) is 30.5 Å². The van der Waals surface area contributed by atoms with Gasteiger partial charge in [0.2, 0.25) is 5.91 Å². The van der Waals surface area contributed by atoms with Crippen LogP contribution in [0.1, 0.15) is 12.5 Å². The van der Waals surface area contributed by atoms with Crippen LogP contribution in [-0.4, -0.2) is 69.5 Å². The predicted octanol–water partition coefficient (Wildman–Crippen LogP) is 2.63. The summed E-state index contributed by atoms with van der Waals surface area (Å²) in [4.78, 5) is 27.8. The molecule has 10 heteroatoms. The first kappa shape index (κ1) is 23.5.